The molecule has 1 saturated heterocycles. The van der Waals surface area contributed by atoms with Gasteiger partial charge in [-0.1, -0.05) is 38.6 Å². The molecule has 0 unspecified atom stereocenters. The summed E-state index contributed by atoms with van der Waals surface area (Å²) < 4.78 is 0. The van der Waals surface area contributed by atoms with E-state index in [1.807, 2.05) is 18.2 Å². The summed E-state index contributed by atoms with van der Waals surface area (Å²) in [7, 11) is 0. The highest BCUT2D eigenvalue weighted by atomic mass is 35.5. The molecule has 1 heterocycles. The third kappa shape index (κ3) is 3.40. The first kappa shape index (κ1) is 14.3. The average molecular weight is 229 g/mol. The number of halogens is 1. The van der Waals surface area contributed by atoms with Crippen LogP contribution < -0.4 is 10.2 Å². The summed E-state index contributed by atoms with van der Waals surface area (Å²) in [5.74, 6) is 0. The lowest BCUT2D eigenvalue weighted by molar-refractivity contribution is 0.589. The highest BCUT2D eigenvalue weighted by molar-refractivity contribution is 6.33. The fraction of sp³-hybridized carbons (Fsp3) is 0.500. The van der Waals surface area contributed by atoms with Crippen molar-refractivity contribution in [2.45, 2.75) is 14.9 Å². The number of anilines is 1. The lowest BCUT2D eigenvalue weighted by Gasteiger charge is -2.30. The van der Waals surface area contributed by atoms with Crippen LogP contribution in [0.1, 0.15) is 14.9 Å². The SMILES string of the molecule is C.C.Clc1ccccc1N1CCNCC1. The molecule has 0 radical (unpaired) electrons. The second-order valence-corrected chi connectivity index (χ2v) is 3.60. The summed E-state index contributed by atoms with van der Waals surface area (Å²) in [6.45, 7) is 4.18. The molecule has 1 aromatic rings. The highest BCUT2D eigenvalue weighted by Crippen LogP contribution is 2.24. The molecule has 2 nitrogen and oxygen atoms in total. The minimum atomic E-state index is 0. The quantitative estimate of drug-likeness (QED) is 0.795. The minimum Gasteiger partial charge on any atom is -0.368 e. The summed E-state index contributed by atoms with van der Waals surface area (Å²) >= 11 is 6.10. The summed E-state index contributed by atoms with van der Waals surface area (Å²) in [6.07, 6.45) is 0. The van der Waals surface area contributed by atoms with Gasteiger partial charge in [-0.3, -0.25) is 0 Å². The van der Waals surface area contributed by atoms with Crippen molar-refractivity contribution in [1.29, 1.82) is 0 Å². The van der Waals surface area contributed by atoms with Gasteiger partial charge in [0.05, 0.1) is 10.7 Å². The first-order valence-electron chi connectivity index (χ1n) is 4.58. The molecule has 3 heteroatoms. The number of hydrogen-bond donors (Lipinski definition) is 1. The van der Waals surface area contributed by atoms with E-state index in [9.17, 15) is 0 Å². The second-order valence-electron chi connectivity index (χ2n) is 3.19. The van der Waals surface area contributed by atoms with E-state index in [-0.39, 0.29) is 14.9 Å². The zero-order valence-corrected chi connectivity index (χ0v) is 8.22. The van der Waals surface area contributed by atoms with E-state index in [0.29, 0.717) is 0 Å². The molecule has 1 N–H and O–H groups in total. The molecule has 0 spiro atoms. The molecule has 86 valence electrons. The van der Waals surface area contributed by atoms with E-state index >= 15 is 0 Å². The lowest BCUT2D eigenvalue weighted by atomic mass is 10.2. The van der Waals surface area contributed by atoms with Crippen LogP contribution in [0.25, 0.3) is 0 Å². The van der Waals surface area contributed by atoms with Gasteiger partial charge < -0.3 is 10.2 Å². The minimum absolute atomic E-state index is 0. The molecular formula is C12H21ClN2. The molecule has 0 amide bonds. The smallest absolute Gasteiger partial charge is 0.0639 e. The number of nitrogens with one attached hydrogen (secondary N) is 1. The van der Waals surface area contributed by atoms with Gasteiger partial charge in [-0.15, -0.1) is 0 Å². The van der Waals surface area contributed by atoms with E-state index in [0.717, 1.165) is 36.9 Å². The van der Waals surface area contributed by atoms with Gasteiger partial charge in [0.2, 0.25) is 0 Å². The summed E-state index contributed by atoms with van der Waals surface area (Å²) in [4.78, 5) is 2.32. The van der Waals surface area contributed by atoms with Crippen LogP contribution in [0.3, 0.4) is 0 Å². The number of piperazine rings is 1. The van der Waals surface area contributed by atoms with Gasteiger partial charge in [0.15, 0.2) is 0 Å². The van der Waals surface area contributed by atoms with Crippen LogP contribution in [0, 0.1) is 0 Å². The maximum atomic E-state index is 6.10. The van der Waals surface area contributed by atoms with Crippen molar-refractivity contribution in [2.24, 2.45) is 0 Å². The number of nitrogens with zero attached hydrogens (tertiary/aromatic N) is 1. The zero-order valence-electron chi connectivity index (χ0n) is 7.46. The monoisotopic (exact) mass is 228 g/mol. The third-order valence-electron chi connectivity index (χ3n) is 2.31. The first-order chi connectivity index (χ1) is 6.38. The van der Waals surface area contributed by atoms with Crippen LogP contribution in [0.5, 0.6) is 0 Å². The number of hydrogen-bond acceptors (Lipinski definition) is 2. The predicted molar refractivity (Wildman–Crippen MR) is 70.0 cm³/mol. The van der Waals surface area contributed by atoms with Gasteiger partial charge in [0.25, 0.3) is 0 Å². The molecule has 0 atom stereocenters. The molecule has 0 saturated carbocycles. The largest absolute Gasteiger partial charge is 0.368 e. The van der Waals surface area contributed by atoms with Crippen LogP contribution in [0.4, 0.5) is 5.69 Å². The number of benzene rings is 1. The van der Waals surface area contributed by atoms with E-state index in [4.69, 9.17) is 11.6 Å². The standard InChI is InChI=1S/C10H13ClN2.2CH4/c11-9-3-1-2-4-10(9)13-7-5-12-6-8-13;;/h1-4,12H,5-8H2;2*1H4. The van der Waals surface area contributed by atoms with Crippen LogP contribution in [0.15, 0.2) is 24.3 Å². The van der Waals surface area contributed by atoms with Gasteiger partial charge in [-0.05, 0) is 12.1 Å². The number of rotatable bonds is 1. The third-order valence-corrected chi connectivity index (χ3v) is 2.63. The van der Waals surface area contributed by atoms with Crippen molar-refractivity contribution < 1.29 is 0 Å². The molecule has 0 aromatic heterocycles. The van der Waals surface area contributed by atoms with Crippen LogP contribution in [0.2, 0.25) is 5.02 Å². The number of para-hydroxylation sites is 1. The second kappa shape index (κ2) is 6.70. The van der Waals surface area contributed by atoms with Gasteiger partial charge in [0, 0.05) is 26.2 Å². The Bertz CT molecular complexity index is 283. The molecule has 2 rings (SSSR count). The summed E-state index contributed by atoms with van der Waals surface area (Å²) in [5, 5.41) is 4.17. The average Bonchev–Trinajstić information content (AvgIpc) is 2.20. The molecule has 15 heavy (non-hydrogen) atoms. The first-order valence-corrected chi connectivity index (χ1v) is 4.96. The Morgan fingerprint density at radius 3 is 2.27 bits per heavy atom. The van der Waals surface area contributed by atoms with Gasteiger partial charge in [-0.2, -0.15) is 0 Å². The Hall–Kier alpha value is -0.730. The lowest BCUT2D eigenvalue weighted by Crippen LogP contribution is -2.43. The Morgan fingerprint density at radius 1 is 1.07 bits per heavy atom. The Kier molecular flexibility index (Phi) is 6.37. The molecule has 1 aromatic carbocycles. The predicted octanol–water partition coefficient (Wildman–Crippen LogP) is 3.02. The van der Waals surface area contributed by atoms with Crippen molar-refractivity contribution in [3.8, 4) is 0 Å². The fourth-order valence-corrected chi connectivity index (χ4v) is 1.87. The molecule has 0 bridgehead atoms. The van der Waals surface area contributed by atoms with Crippen LogP contribution >= 0.6 is 11.6 Å². The van der Waals surface area contributed by atoms with Crippen molar-refractivity contribution in [3.63, 3.8) is 0 Å². The normalized spacial score (nSPS) is 15.1. The van der Waals surface area contributed by atoms with Crippen molar-refractivity contribution in [1.82, 2.24) is 5.32 Å². The van der Waals surface area contributed by atoms with Gasteiger partial charge in [0.1, 0.15) is 0 Å². The Morgan fingerprint density at radius 2 is 1.67 bits per heavy atom. The summed E-state index contributed by atoms with van der Waals surface area (Å²) in [6, 6.07) is 8.02. The van der Waals surface area contributed by atoms with Crippen molar-refractivity contribution in [3.05, 3.63) is 29.3 Å². The van der Waals surface area contributed by atoms with Crippen LogP contribution in [-0.4, -0.2) is 26.2 Å². The van der Waals surface area contributed by atoms with Gasteiger partial charge in [-0.25, -0.2) is 0 Å². The van der Waals surface area contributed by atoms with E-state index in [2.05, 4.69) is 16.3 Å². The van der Waals surface area contributed by atoms with Crippen molar-refractivity contribution in [2.75, 3.05) is 31.1 Å². The van der Waals surface area contributed by atoms with E-state index < -0.39 is 0 Å². The van der Waals surface area contributed by atoms with E-state index in [1.54, 1.807) is 0 Å². The molecular weight excluding hydrogens is 208 g/mol. The van der Waals surface area contributed by atoms with Crippen LogP contribution in [-0.2, 0) is 0 Å². The van der Waals surface area contributed by atoms with E-state index in [1.165, 1.54) is 0 Å². The van der Waals surface area contributed by atoms with Gasteiger partial charge >= 0.3 is 0 Å². The summed E-state index contributed by atoms with van der Waals surface area (Å²) in [5.41, 5.74) is 1.16. The van der Waals surface area contributed by atoms with Crippen molar-refractivity contribution >= 4 is 17.3 Å². The Balaban J connectivity index is 0.000000980. The molecule has 1 aliphatic rings. The molecule has 1 fully saturated rings. The maximum Gasteiger partial charge on any atom is 0.0639 e. The topological polar surface area (TPSA) is 15.3 Å². The molecule has 1 aliphatic heterocycles. The zero-order chi connectivity index (χ0) is 9.10. The fourth-order valence-electron chi connectivity index (χ4n) is 1.61. The maximum absolute atomic E-state index is 6.10. The Labute approximate surface area is 98.2 Å². The highest BCUT2D eigenvalue weighted by Gasteiger charge is 2.11. The molecule has 0 aliphatic carbocycles.